The van der Waals surface area contributed by atoms with Gasteiger partial charge in [0, 0.05) is 25.6 Å². The van der Waals surface area contributed by atoms with E-state index >= 15 is 0 Å². The Labute approximate surface area is 80.3 Å². The van der Waals surface area contributed by atoms with E-state index in [0.29, 0.717) is 24.9 Å². The quantitative estimate of drug-likeness (QED) is 0.672. The van der Waals surface area contributed by atoms with E-state index in [0.717, 1.165) is 19.4 Å². The number of hydrogen-bond donors (Lipinski definition) is 1. The van der Waals surface area contributed by atoms with E-state index < -0.39 is 0 Å². The maximum absolute atomic E-state index is 11.6. The first-order chi connectivity index (χ1) is 6.29. The number of hydrogen-bond acceptors (Lipinski definition) is 2. The summed E-state index contributed by atoms with van der Waals surface area (Å²) in [5.74, 6) is 0.301. The van der Waals surface area contributed by atoms with Gasteiger partial charge in [-0.25, -0.2) is 0 Å². The van der Waals surface area contributed by atoms with Gasteiger partial charge in [-0.3, -0.25) is 4.79 Å². The Balaban J connectivity index is 2.29. The standard InChI is InChI=1S/C10H20N2O/c1-2-3-4-10(13)12(8-7-11)9-5-6-9/h9H,2-8,11H2,1H3. The highest BCUT2D eigenvalue weighted by Crippen LogP contribution is 2.27. The highest BCUT2D eigenvalue weighted by Gasteiger charge is 2.31. The Hall–Kier alpha value is -0.570. The molecule has 0 unspecified atom stereocenters. The zero-order chi connectivity index (χ0) is 9.68. The van der Waals surface area contributed by atoms with Gasteiger partial charge < -0.3 is 10.6 Å². The monoisotopic (exact) mass is 184 g/mol. The second-order valence-corrected chi connectivity index (χ2v) is 3.71. The molecule has 0 radical (unpaired) electrons. The first kappa shape index (κ1) is 10.5. The molecule has 0 bridgehead atoms. The lowest BCUT2D eigenvalue weighted by molar-refractivity contribution is -0.131. The molecule has 1 saturated carbocycles. The number of nitrogens with zero attached hydrogens (tertiary/aromatic N) is 1. The minimum absolute atomic E-state index is 0.301. The SMILES string of the molecule is CCCCC(=O)N(CCN)C1CC1. The van der Waals surface area contributed by atoms with Gasteiger partial charge >= 0.3 is 0 Å². The average Bonchev–Trinajstić information content (AvgIpc) is 2.93. The minimum atomic E-state index is 0.301. The third-order valence-corrected chi connectivity index (χ3v) is 2.42. The zero-order valence-corrected chi connectivity index (χ0v) is 8.46. The summed E-state index contributed by atoms with van der Waals surface area (Å²) in [6.07, 6.45) is 5.15. The third-order valence-electron chi connectivity index (χ3n) is 2.42. The molecule has 1 fully saturated rings. The van der Waals surface area contributed by atoms with Crippen LogP contribution in [0.5, 0.6) is 0 Å². The number of amides is 1. The minimum Gasteiger partial charge on any atom is -0.338 e. The van der Waals surface area contributed by atoms with Crippen LogP contribution in [0.3, 0.4) is 0 Å². The van der Waals surface area contributed by atoms with Gasteiger partial charge in [-0.2, -0.15) is 0 Å². The van der Waals surface area contributed by atoms with Crippen molar-refractivity contribution in [1.29, 1.82) is 0 Å². The van der Waals surface area contributed by atoms with Crippen LogP contribution in [0, 0.1) is 0 Å². The van der Waals surface area contributed by atoms with Crippen LogP contribution < -0.4 is 5.73 Å². The number of nitrogens with two attached hydrogens (primary N) is 1. The molecule has 0 aromatic heterocycles. The topological polar surface area (TPSA) is 46.3 Å². The molecular formula is C10H20N2O. The van der Waals surface area contributed by atoms with Crippen molar-refractivity contribution in [3.63, 3.8) is 0 Å². The molecule has 0 spiro atoms. The molecule has 76 valence electrons. The maximum atomic E-state index is 11.6. The number of carbonyl (C=O) groups is 1. The van der Waals surface area contributed by atoms with Gasteiger partial charge in [0.2, 0.25) is 5.91 Å². The Morgan fingerprint density at radius 1 is 1.54 bits per heavy atom. The van der Waals surface area contributed by atoms with Gasteiger partial charge in [-0.05, 0) is 19.3 Å². The van der Waals surface area contributed by atoms with Crippen molar-refractivity contribution in [3.8, 4) is 0 Å². The van der Waals surface area contributed by atoms with Crippen LogP contribution in [-0.4, -0.2) is 29.9 Å². The van der Waals surface area contributed by atoms with Crippen molar-refractivity contribution < 1.29 is 4.79 Å². The smallest absolute Gasteiger partial charge is 0.222 e. The molecule has 0 aromatic rings. The summed E-state index contributed by atoms with van der Waals surface area (Å²) >= 11 is 0. The van der Waals surface area contributed by atoms with E-state index in [4.69, 9.17) is 5.73 Å². The van der Waals surface area contributed by atoms with Crippen LogP contribution in [0.15, 0.2) is 0 Å². The lowest BCUT2D eigenvalue weighted by Gasteiger charge is -2.21. The predicted molar refractivity (Wildman–Crippen MR) is 53.3 cm³/mol. The van der Waals surface area contributed by atoms with Crippen LogP contribution in [0.4, 0.5) is 0 Å². The number of unbranched alkanes of at least 4 members (excludes halogenated alkanes) is 1. The molecule has 0 heterocycles. The van der Waals surface area contributed by atoms with Gasteiger partial charge in [0.1, 0.15) is 0 Å². The van der Waals surface area contributed by atoms with E-state index in [-0.39, 0.29) is 0 Å². The van der Waals surface area contributed by atoms with Crippen molar-refractivity contribution in [2.75, 3.05) is 13.1 Å². The molecule has 3 heteroatoms. The van der Waals surface area contributed by atoms with Gasteiger partial charge in [0.15, 0.2) is 0 Å². The fraction of sp³-hybridized carbons (Fsp3) is 0.900. The lowest BCUT2D eigenvalue weighted by Crippen LogP contribution is -2.36. The van der Waals surface area contributed by atoms with Crippen molar-refractivity contribution in [3.05, 3.63) is 0 Å². The van der Waals surface area contributed by atoms with Crippen LogP contribution in [0.1, 0.15) is 39.0 Å². The van der Waals surface area contributed by atoms with E-state index in [9.17, 15) is 4.79 Å². The molecule has 0 aliphatic heterocycles. The fourth-order valence-electron chi connectivity index (χ4n) is 1.51. The predicted octanol–water partition coefficient (Wildman–Crippen LogP) is 1.13. The summed E-state index contributed by atoms with van der Waals surface area (Å²) in [7, 11) is 0. The van der Waals surface area contributed by atoms with Gasteiger partial charge in [0.05, 0.1) is 0 Å². The summed E-state index contributed by atoms with van der Waals surface area (Å²) in [4.78, 5) is 13.6. The Bertz CT molecular complexity index is 166. The first-order valence-electron chi connectivity index (χ1n) is 5.29. The van der Waals surface area contributed by atoms with Crippen LogP contribution in [0.25, 0.3) is 0 Å². The molecule has 1 amide bonds. The summed E-state index contributed by atoms with van der Waals surface area (Å²) in [6.45, 7) is 3.44. The fourth-order valence-corrected chi connectivity index (χ4v) is 1.51. The van der Waals surface area contributed by atoms with Gasteiger partial charge in [0.25, 0.3) is 0 Å². The van der Waals surface area contributed by atoms with Crippen molar-refractivity contribution in [1.82, 2.24) is 4.90 Å². The summed E-state index contributed by atoms with van der Waals surface area (Å²) in [6, 6.07) is 0.521. The molecule has 13 heavy (non-hydrogen) atoms. The van der Waals surface area contributed by atoms with Crippen molar-refractivity contribution in [2.45, 2.75) is 45.1 Å². The second-order valence-electron chi connectivity index (χ2n) is 3.71. The summed E-state index contributed by atoms with van der Waals surface area (Å²) < 4.78 is 0. The van der Waals surface area contributed by atoms with E-state index in [1.807, 2.05) is 4.90 Å². The second kappa shape index (κ2) is 5.22. The van der Waals surface area contributed by atoms with E-state index in [1.54, 1.807) is 0 Å². The highest BCUT2D eigenvalue weighted by molar-refractivity contribution is 5.76. The van der Waals surface area contributed by atoms with Crippen LogP contribution >= 0.6 is 0 Å². The largest absolute Gasteiger partial charge is 0.338 e. The van der Waals surface area contributed by atoms with Crippen molar-refractivity contribution in [2.24, 2.45) is 5.73 Å². The normalized spacial score (nSPS) is 15.8. The maximum Gasteiger partial charge on any atom is 0.222 e. The number of carbonyl (C=O) groups excluding carboxylic acids is 1. The lowest BCUT2D eigenvalue weighted by atomic mass is 10.2. The van der Waals surface area contributed by atoms with Crippen LogP contribution in [-0.2, 0) is 4.79 Å². The van der Waals surface area contributed by atoms with Crippen LogP contribution in [0.2, 0.25) is 0 Å². The Morgan fingerprint density at radius 2 is 2.23 bits per heavy atom. The Morgan fingerprint density at radius 3 is 2.69 bits per heavy atom. The molecule has 0 saturated heterocycles. The van der Waals surface area contributed by atoms with E-state index in [1.165, 1.54) is 12.8 Å². The molecule has 1 aliphatic carbocycles. The molecule has 0 aromatic carbocycles. The Kier molecular flexibility index (Phi) is 4.22. The van der Waals surface area contributed by atoms with Crippen molar-refractivity contribution >= 4 is 5.91 Å². The van der Waals surface area contributed by atoms with Gasteiger partial charge in [-0.15, -0.1) is 0 Å². The molecule has 1 rings (SSSR count). The molecule has 0 atom stereocenters. The average molecular weight is 184 g/mol. The van der Waals surface area contributed by atoms with Gasteiger partial charge in [-0.1, -0.05) is 13.3 Å². The molecule has 3 nitrogen and oxygen atoms in total. The summed E-state index contributed by atoms with van der Waals surface area (Å²) in [5.41, 5.74) is 5.47. The summed E-state index contributed by atoms with van der Waals surface area (Å²) in [5, 5.41) is 0. The first-order valence-corrected chi connectivity index (χ1v) is 5.29. The molecule has 2 N–H and O–H groups in total. The number of rotatable bonds is 6. The highest BCUT2D eigenvalue weighted by atomic mass is 16.2. The third kappa shape index (κ3) is 3.35. The molecular weight excluding hydrogens is 164 g/mol. The zero-order valence-electron chi connectivity index (χ0n) is 8.46. The molecule has 1 aliphatic rings. The van der Waals surface area contributed by atoms with E-state index in [2.05, 4.69) is 6.92 Å².